The minimum absolute atomic E-state index is 0.0988. The Kier molecular flexibility index (Phi) is 9.16. The van der Waals surface area contributed by atoms with Gasteiger partial charge in [-0.15, -0.1) is 6.42 Å². The first kappa shape index (κ1) is 29.6. The third-order valence-corrected chi connectivity index (χ3v) is 8.45. The zero-order valence-electron chi connectivity index (χ0n) is 22.6. The highest BCUT2D eigenvalue weighted by Crippen LogP contribution is 2.36. The SMILES string of the molecule is C#CCOc1c(I)cc(/C=c2\sc3n(c2=O)[C@H](c2ccc(Cl)cc2)C(C(=O)OCC)=C(c2ccccc2)N=3)cc1OC. The van der Waals surface area contributed by atoms with Crippen LogP contribution in [0.5, 0.6) is 11.5 Å². The van der Waals surface area contributed by atoms with Gasteiger partial charge >= 0.3 is 5.97 Å². The van der Waals surface area contributed by atoms with Crippen LogP contribution >= 0.6 is 45.5 Å². The van der Waals surface area contributed by atoms with Crippen molar-refractivity contribution in [3.05, 3.63) is 117 Å². The van der Waals surface area contributed by atoms with Gasteiger partial charge in [0.05, 0.1) is 39.1 Å². The van der Waals surface area contributed by atoms with E-state index in [-0.39, 0.29) is 24.3 Å². The standard InChI is InChI=1S/C32H24ClIN2O5S/c1-4-15-41-29-23(34)16-19(17-24(29)39-3)18-25-30(37)36-28(21-11-13-22(33)14-12-21)26(31(38)40-5-2)27(35-32(36)42-25)20-9-7-6-8-10-20/h1,6-14,16-18,28H,5,15H2,2-3H3/b25-18-/t28-/m1/s1. The van der Waals surface area contributed by atoms with Crippen LogP contribution in [0.3, 0.4) is 0 Å². The fraction of sp³-hybridized carbons (Fsp3) is 0.156. The lowest BCUT2D eigenvalue weighted by Gasteiger charge is -2.25. The maximum atomic E-state index is 14.1. The van der Waals surface area contributed by atoms with E-state index in [2.05, 4.69) is 28.5 Å². The van der Waals surface area contributed by atoms with Gasteiger partial charge in [-0.1, -0.05) is 71.3 Å². The van der Waals surface area contributed by atoms with Gasteiger partial charge in [-0.3, -0.25) is 9.36 Å². The molecule has 0 bridgehead atoms. The summed E-state index contributed by atoms with van der Waals surface area (Å²) in [7, 11) is 1.54. The Balaban J connectivity index is 1.77. The number of terminal acetylenes is 1. The van der Waals surface area contributed by atoms with Crippen molar-refractivity contribution in [3.8, 4) is 23.8 Å². The molecule has 0 saturated heterocycles. The molecule has 212 valence electrons. The number of thiazole rings is 1. The van der Waals surface area contributed by atoms with E-state index < -0.39 is 12.0 Å². The largest absolute Gasteiger partial charge is 0.493 e. The van der Waals surface area contributed by atoms with E-state index in [1.807, 2.05) is 36.4 Å². The van der Waals surface area contributed by atoms with Gasteiger partial charge in [0.15, 0.2) is 16.3 Å². The summed E-state index contributed by atoms with van der Waals surface area (Å²) in [5.74, 6) is 2.93. The van der Waals surface area contributed by atoms with Gasteiger partial charge in [-0.05, 0) is 71.0 Å². The molecule has 0 spiro atoms. The van der Waals surface area contributed by atoms with Crippen molar-refractivity contribution in [1.29, 1.82) is 0 Å². The number of halogens is 2. The molecule has 1 atom stereocenters. The molecule has 7 nitrogen and oxygen atoms in total. The fourth-order valence-corrected chi connectivity index (χ4v) is 6.54. The van der Waals surface area contributed by atoms with Crippen molar-refractivity contribution in [2.75, 3.05) is 20.3 Å². The van der Waals surface area contributed by atoms with Gasteiger partial charge in [0.2, 0.25) is 0 Å². The molecule has 0 saturated carbocycles. The molecule has 4 aromatic rings. The van der Waals surface area contributed by atoms with Crippen LogP contribution < -0.4 is 24.4 Å². The summed E-state index contributed by atoms with van der Waals surface area (Å²) in [5, 5.41) is 0.536. The van der Waals surface area contributed by atoms with Crippen LogP contribution in [0.25, 0.3) is 11.8 Å². The first-order chi connectivity index (χ1) is 20.4. The van der Waals surface area contributed by atoms with Crippen molar-refractivity contribution in [2.45, 2.75) is 13.0 Å². The summed E-state index contributed by atoms with van der Waals surface area (Å²) in [6, 6.07) is 19.3. The number of carbonyl (C=O) groups is 1. The molecule has 5 rings (SSSR count). The van der Waals surface area contributed by atoms with Crippen LogP contribution in [0.4, 0.5) is 0 Å². The molecule has 1 aliphatic heterocycles. The number of hydrogen-bond acceptors (Lipinski definition) is 7. The lowest BCUT2D eigenvalue weighted by molar-refractivity contribution is -0.138. The number of aromatic nitrogens is 1. The van der Waals surface area contributed by atoms with Crippen molar-refractivity contribution >= 4 is 63.3 Å². The molecule has 0 radical (unpaired) electrons. The minimum Gasteiger partial charge on any atom is -0.493 e. The second-order valence-corrected chi connectivity index (χ2v) is 11.6. The summed E-state index contributed by atoms with van der Waals surface area (Å²) in [4.78, 5) is 32.9. The van der Waals surface area contributed by atoms with E-state index in [1.54, 1.807) is 55.0 Å². The van der Waals surface area contributed by atoms with Gasteiger partial charge in [0, 0.05) is 10.6 Å². The van der Waals surface area contributed by atoms with Crippen molar-refractivity contribution in [1.82, 2.24) is 4.57 Å². The molecule has 0 amide bonds. The third kappa shape index (κ3) is 5.88. The van der Waals surface area contributed by atoms with Gasteiger partial charge in [-0.25, -0.2) is 9.79 Å². The number of benzene rings is 3. The number of fused-ring (bicyclic) bond motifs is 1. The first-order valence-electron chi connectivity index (χ1n) is 12.8. The molecule has 42 heavy (non-hydrogen) atoms. The van der Waals surface area contributed by atoms with E-state index in [0.29, 0.717) is 37.1 Å². The summed E-state index contributed by atoms with van der Waals surface area (Å²) < 4.78 is 19.5. The van der Waals surface area contributed by atoms with Crippen LogP contribution in [0.1, 0.15) is 29.7 Å². The van der Waals surface area contributed by atoms with Gasteiger partial charge in [0.25, 0.3) is 5.56 Å². The lowest BCUT2D eigenvalue weighted by atomic mass is 9.93. The van der Waals surface area contributed by atoms with Gasteiger partial charge < -0.3 is 14.2 Å². The number of hydrogen-bond donors (Lipinski definition) is 0. The van der Waals surface area contributed by atoms with Crippen molar-refractivity contribution in [3.63, 3.8) is 0 Å². The number of ether oxygens (including phenoxy) is 3. The second kappa shape index (κ2) is 13.0. The fourth-order valence-electron chi connectivity index (χ4n) is 4.63. The van der Waals surface area contributed by atoms with Crippen LogP contribution in [-0.4, -0.2) is 30.9 Å². The molecular formula is C32H24ClIN2O5S. The monoisotopic (exact) mass is 710 g/mol. The number of nitrogens with zero attached hydrogens (tertiary/aromatic N) is 2. The normalized spacial score (nSPS) is 14.5. The Morgan fingerprint density at radius 1 is 1.19 bits per heavy atom. The van der Waals surface area contributed by atoms with Crippen molar-refractivity contribution < 1.29 is 19.0 Å². The Labute approximate surface area is 264 Å². The smallest absolute Gasteiger partial charge is 0.338 e. The van der Waals surface area contributed by atoms with E-state index in [1.165, 1.54) is 11.3 Å². The van der Waals surface area contributed by atoms with E-state index in [0.717, 1.165) is 14.7 Å². The van der Waals surface area contributed by atoms with Gasteiger partial charge in [-0.2, -0.15) is 0 Å². The van der Waals surface area contributed by atoms with Crippen LogP contribution in [0, 0.1) is 15.9 Å². The Morgan fingerprint density at radius 3 is 2.60 bits per heavy atom. The molecule has 0 unspecified atom stereocenters. The van der Waals surface area contributed by atoms with Crippen LogP contribution in [-0.2, 0) is 9.53 Å². The predicted octanol–water partition coefficient (Wildman–Crippen LogP) is 5.21. The summed E-state index contributed by atoms with van der Waals surface area (Å²) in [6.45, 7) is 2.01. The molecule has 1 aromatic heterocycles. The molecule has 2 heterocycles. The number of rotatable bonds is 8. The highest BCUT2D eigenvalue weighted by molar-refractivity contribution is 14.1. The first-order valence-corrected chi connectivity index (χ1v) is 15.1. The quantitative estimate of drug-likeness (QED) is 0.143. The molecule has 3 aromatic carbocycles. The molecule has 10 heteroatoms. The zero-order chi connectivity index (χ0) is 29.8. The van der Waals surface area contributed by atoms with Crippen LogP contribution in [0.2, 0.25) is 5.02 Å². The Bertz CT molecular complexity index is 1910. The summed E-state index contributed by atoms with van der Waals surface area (Å²) >= 11 is 9.58. The summed E-state index contributed by atoms with van der Waals surface area (Å²) in [5.41, 5.74) is 2.59. The molecule has 1 aliphatic rings. The average Bonchev–Trinajstić information content (AvgIpc) is 3.30. The van der Waals surface area contributed by atoms with Gasteiger partial charge in [0.1, 0.15) is 6.61 Å². The van der Waals surface area contributed by atoms with E-state index >= 15 is 0 Å². The number of carbonyl (C=O) groups excluding carboxylic acids is 1. The minimum atomic E-state index is -0.788. The topological polar surface area (TPSA) is 79.1 Å². The molecular weight excluding hydrogens is 687 g/mol. The van der Waals surface area contributed by atoms with Crippen LogP contribution in [0.15, 0.2) is 82.1 Å². The second-order valence-electron chi connectivity index (χ2n) is 9.01. The zero-order valence-corrected chi connectivity index (χ0v) is 26.3. The Morgan fingerprint density at radius 2 is 1.93 bits per heavy atom. The number of methoxy groups -OCH3 is 1. The molecule has 0 N–H and O–H groups in total. The summed E-state index contributed by atoms with van der Waals surface area (Å²) in [6.07, 6.45) is 7.13. The Hall–Kier alpha value is -3.85. The highest BCUT2D eigenvalue weighted by atomic mass is 127. The molecule has 0 aliphatic carbocycles. The van der Waals surface area contributed by atoms with Crippen molar-refractivity contribution in [2.24, 2.45) is 4.99 Å². The third-order valence-electron chi connectivity index (χ3n) is 6.41. The maximum Gasteiger partial charge on any atom is 0.338 e. The van der Waals surface area contributed by atoms with E-state index in [4.69, 9.17) is 37.2 Å². The highest BCUT2D eigenvalue weighted by Gasteiger charge is 2.35. The molecule has 0 fully saturated rings. The number of esters is 1. The lowest BCUT2D eigenvalue weighted by Crippen LogP contribution is -2.40. The average molecular weight is 711 g/mol. The van der Waals surface area contributed by atoms with E-state index in [9.17, 15) is 9.59 Å². The maximum absolute atomic E-state index is 14.1. The predicted molar refractivity (Wildman–Crippen MR) is 173 cm³/mol.